The molecule has 1 N–H and O–H groups in total. The van der Waals surface area contributed by atoms with Crippen LogP contribution in [0.25, 0.3) is 22.5 Å². The van der Waals surface area contributed by atoms with Gasteiger partial charge in [-0.05, 0) is 45.1 Å². The van der Waals surface area contributed by atoms with Crippen molar-refractivity contribution in [3.05, 3.63) is 66.5 Å². The highest BCUT2D eigenvalue weighted by atomic mass is 16.4. The van der Waals surface area contributed by atoms with Crippen LogP contribution in [0.5, 0.6) is 0 Å². The van der Waals surface area contributed by atoms with Gasteiger partial charge >= 0.3 is 5.97 Å². The fraction of sp³-hybridized carbons (Fsp3) is 0.273. The zero-order valence-electron chi connectivity index (χ0n) is 15.4. The Morgan fingerprint density at radius 2 is 1.67 bits per heavy atom. The van der Waals surface area contributed by atoms with Gasteiger partial charge in [0.05, 0.1) is 23.3 Å². The van der Waals surface area contributed by atoms with Crippen LogP contribution in [0.3, 0.4) is 0 Å². The number of rotatable bonds is 4. The summed E-state index contributed by atoms with van der Waals surface area (Å²) in [5.41, 5.74) is 4.37. The van der Waals surface area contributed by atoms with Gasteiger partial charge in [-0.1, -0.05) is 42.5 Å². The summed E-state index contributed by atoms with van der Waals surface area (Å²) in [6.07, 6.45) is 4.11. The molecule has 138 valence electrons. The Kier molecular flexibility index (Phi) is 4.77. The third-order valence-electron chi connectivity index (χ3n) is 5.33. The van der Waals surface area contributed by atoms with Crippen molar-refractivity contribution in [3.8, 4) is 22.5 Å². The Morgan fingerprint density at radius 3 is 2.30 bits per heavy atom. The van der Waals surface area contributed by atoms with Crippen molar-refractivity contribution in [1.82, 2.24) is 14.5 Å². The van der Waals surface area contributed by atoms with Crippen molar-refractivity contribution < 1.29 is 9.90 Å². The second-order valence-corrected chi connectivity index (χ2v) is 7.13. The molecule has 0 atom stereocenters. The number of aromatic nitrogens is 2. The zero-order valence-corrected chi connectivity index (χ0v) is 15.4. The van der Waals surface area contributed by atoms with Gasteiger partial charge in [-0.3, -0.25) is 0 Å². The van der Waals surface area contributed by atoms with E-state index in [2.05, 4.69) is 28.6 Å². The smallest absolute Gasteiger partial charge is 0.335 e. The topological polar surface area (TPSA) is 58.4 Å². The second kappa shape index (κ2) is 7.37. The molecule has 1 saturated heterocycles. The van der Waals surface area contributed by atoms with E-state index >= 15 is 0 Å². The van der Waals surface area contributed by atoms with E-state index in [0.717, 1.165) is 48.4 Å². The molecule has 0 spiro atoms. The summed E-state index contributed by atoms with van der Waals surface area (Å²) in [5, 5.41) is 9.20. The minimum Gasteiger partial charge on any atom is -0.478 e. The number of piperidine rings is 1. The number of hydrogen-bond donors (Lipinski definition) is 1. The molecule has 0 saturated carbocycles. The highest BCUT2D eigenvalue weighted by molar-refractivity contribution is 5.89. The van der Waals surface area contributed by atoms with Crippen molar-refractivity contribution in [2.75, 3.05) is 20.1 Å². The SMILES string of the molecule is CN1CCC(n2cnc(-c3ccccc3)c2-c2ccc(C(=O)O)cc2)CC1. The summed E-state index contributed by atoms with van der Waals surface area (Å²) < 4.78 is 2.28. The molecule has 0 amide bonds. The number of benzene rings is 2. The summed E-state index contributed by atoms with van der Waals surface area (Å²) in [6, 6.07) is 17.7. The minimum absolute atomic E-state index is 0.297. The summed E-state index contributed by atoms with van der Waals surface area (Å²) in [5.74, 6) is -0.909. The van der Waals surface area contributed by atoms with Crippen LogP contribution in [-0.4, -0.2) is 45.7 Å². The lowest BCUT2D eigenvalue weighted by molar-refractivity contribution is 0.0697. The molecule has 2 aromatic carbocycles. The first-order chi connectivity index (χ1) is 13.1. The Balaban J connectivity index is 1.80. The highest BCUT2D eigenvalue weighted by Crippen LogP contribution is 2.35. The number of aromatic carboxylic acids is 1. The van der Waals surface area contributed by atoms with Crippen molar-refractivity contribution in [2.24, 2.45) is 0 Å². The van der Waals surface area contributed by atoms with E-state index in [1.807, 2.05) is 36.7 Å². The van der Waals surface area contributed by atoms with E-state index < -0.39 is 5.97 Å². The molecule has 27 heavy (non-hydrogen) atoms. The van der Waals surface area contributed by atoms with Crippen molar-refractivity contribution in [3.63, 3.8) is 0 Å². The van der Waals surface area contributed by atoms with E-state index in [9.17, 15) is 9.90 Å². The standard InChI is InChI=1S/C22H23N3O2/c1-24-13-11-19(12-14-24)25-15-23-20(16-5-3-2-4-6-16)21(25)17-7-9-18(10-8-17)22(26)27/h2-10,15,19H,11-14H2,1H3,(H,26,27). The molecule has 5 heteroatoms. The molecular formula is C22H23N3O2. The lowest BCUT2D eigenvalue weighted by Crippen LogP contribution is -2.31. The van der Waals surface area contributed by atoms with Crippen LogP contribution in [0.1, 0.15) is 29.2 Å². The normalized spacial score (nSPS) is 15.7. The van der Waals surface area contributed by atoms with Gasteiger partial charge in [-0.15, -0.1) is 0 Å². The number of imidazole rings is 1. The average Bonchev–Trinajstić information content (AvgIpc) is 3.14. The molecule has 1 aromatic heterocycles. The molecule has 1 aliphatic rings. The number of nitrogens with zero attached hydrogens (tertiary/aromatic N) is 3. The maximum atomic E-state index is 11.2. The van der Waals surface area contributed by atoms with Gasteiger partial charge in [-0.2, -0.15) is 0 Å². The molecule has 3 aromatic rings. The summed E-state index contributed by atoms with van der Waals surface area (Å²) in [4.78, 5) is 18.3. The quantitative estimate of drug-likeness (QED) is 0.757. The predicted octanol–water partition coefficient (Wildman–Crippen LogP) is 4.18. The molecule has 0 unspecified atom stereocenters. The van der Waals surface area contributed by atoms with Crippen molar-refractivity contribution >= 4 is 5.97 Å². The zero-order chi connectivity index (χ0) is 18.8. The van der Waals surface area contributed by atoms with Crippen LogP contribution in [0.15, 0.2) is 60.9 Å². The van der Waals surface area contributed by atoms with Crippen LogP contribution in [0.2, 0.25) is 0 Å². The maximum Gasteiger partial charge on any atom is 0.335 e. The summed E-state index contributed by atoms with van der Waals surface area (Å²) >= 11 is 0. The predicted molar refractivity (Wildman–Crippen MR) is 106 cm³/mol. The Morgan fingerprint density at radius 1 is 1.00 bits per heavy atom. The van der Waals surface area contributed by atoms with Crippen LogP contribution in [0, 0.1) is 0 Å². The molecular weight excluding hydrogens is 338 g/mol. The first kappa shape index (κ1) is 17.5. The molecule has 1 aliphatic heterocycles. The number of carboxylic acid groups (broad SMARTS) is 1. The Bertz CT molecular complexity index is 924. The molecule has 0 bridgehead atoms. The van der Waals surface area contributed by atoms with Gasteiger partial charge in [0.15, 0.2) is 0 Å². The summed E-state index contributed by atoms with van der Waals surface area (Å²) in [7, 11) is 2.16. The monoisotopic (exact) mass is 361 g/mol. The van der Waals surface area contributed by atoms with Crippen molar-refractivity contribution in [2.45, 2.75) is 18.9 Å². The number of likely N-dealkylation sites (tertiary alicyclic amines) is 1. The third-order valence-corrected chi connectivity index (χ3v) is 5.33. The fourth-order valence-corrected chi connectivity index (χ4v) is 3.77. The minimum atomic E-state index is -0.909. The Hall–Kier alpha value is -2.92. The lowest BCUT2D eigenvalue weighted by atomic mass is 10.0. The largest absolute Gasteiger partial charge is 0.478 e. The van der Waals surface area contributed by atoms with Gasteiger partial charge in [0.2, 0.25) is 0 Å². The van der Waals surface area contributed by atoms with Crippen molar-refractivity contribution in [1.29, 1.82) is 0 Å². The van der Waals surface area contributed by atoms with Gasteiger partial charge in [0.25, 0.3) is 0 Å². The molecule has 5 nitrogen and oxygen atoms in total. The second-order valence-electron chi connectivity index (χ2n) is 7.13. The number of carboxylic acids is 1. The third kappa shape index (κ3) is 3.51. The van der Waals surface area contributed by atoms with E-state index in [4.69, 9.17) is 4.98 Å². The molecule has 2 heterocycles. The number of carbonyl (C=O) groups is 1. The van der Waals surface area contributed by atoms with Gasteiger partial charge in [-0.25, -0.2) is 9.78 Å². The molecule has 4 rings (SSSR count). The highest BCUT2D eigenvalue weighted by Gasteiger charge is 2.24. The van der Waals surface area contributed by atoms with Crippen LogP contribution < -0.4 is 0 Å². The fourth-order valence-electron chi connectivity index (χ4n) is 3.77. The Labute approximate surface area is 158 Å². The molecule has 1 fully saturated rings. The molecule has 0 aliphatic carbocycles. The van der Waals surface area contributed by atoms with Crippen LogP contribution in [-0.2, 0) is 0 Å². The van der Waals surface area contributed by atoms with E-state index in [1.54, 1.807) is 12.1 Å². The van der Waals surface area contributed by atoms with E-state index in [0.29, 0.717) is 11.6 Å². The average molecular weight is 361 g/mol. The van der Waals surface area contributed by atoms with E-state index in [-0.39, 0.29) is 0 Å². The summed E-state index contributed by atoms with van der Waals surface area (Å²) in [6.45, 7) is 2.14. The van der Waals surface area contributed by atoms with Gasteiger partial charge in [0, 0.05) is 17.2 Å². The maximum absolute atomic E-state index is 11.2. The van der Waals surface area contributed by atoms with Crippen LogP contribution in [0.4, 0.5) is 0 Å². The molecule has 0 radical (unpaired) electrons. The van der Waals surface area contributed by atoms with E-state index in [1.165, 1.54) is 0 Å². The van der Waals surface area contributed by atoms with Gasteiger partial charge in [0.1, 0.15) is 0 Å². The first-order valence-electron chi connectivity index (χ1n) is 9.28. The first-order valence-corrected chi connectivity index (χ1v) is 9.28. The van der Waals surface area contributed by atoms with Crippen LogP contribution >= 0.6 is 0 Å². The lowest BCUT2D eigenvalue weighted by Gasteiger charge is -2.31. The van der Waals surface area contributed by atoms with Gasteiger partial charge < -0.3 is 14.6 Å². The number of hydrogen-bond acceptors (Lipinski definition) is 3.